The van der Waals surface area contributed by atoms with E-state index >= 15 is 0 Å². The Hall–Kier alpha value is -3.32. The largest absolute Gasteiger partial charge is 0.486 e. The van der Waals surface area contributed by atoms with Crippen molar-refractivity contribution < 1.29 is 18.7 Å². The van der Waals surface area contributed by atoms with Crippen molar-refractivity contribution in [1.29, 1.82) is 0 Å². The summed E-state index contributed by atoms with van der Waals surface area (Å²) in [7, 11) is 0. The maximum Gasteiger partial charge on any atom is 0.260 e. The molecule has 7 heteroatoms. The summed E-state index contributed by atoms with van der Waals surface area (Å²) in [6.07, 6.45) is 1.61. The van der Waals surface area contributed by atoms with Gasteiger partial charge in [-0.15, -0.1) is 0 Å². The Bertz CT molecular complexity index is 1230. The van der Waals surface area contributed by atoms with Gasteiger partial charge in [-0.1, -0.05) is 17.4 Å². The van der Waals surface area contributed by atoms with Gasteiger partial charge in [-0.05, 0) is 61.4 Å². The Kier molecular flexibility index (Phi) is 4.67. The van der Waals surface area contributed by atoms with Crippen LogP contribution in [0, 0.1) is 13.8 Å². The minimum Gasteiger partial charge on any atom is -0.486 e. The first-order valence-electron chi connectivity index (χ1n) is 9.70. The normalized spacial score (nSPS) is 12.9. The lowest BCUT2D eigenvalue weighted by Crippen LogP contribution is -2.30. The fraction of sp³-hybridized carbons (Fsp3) is 0.217. The minimum absolute atomic E-state index is 0.170. The second-order valence-electron chi connectivity index (χ2n) is 7.26. The van der Waals surface area contributed by atoms with E-state index in [1.807, 2.05) is 25.1 Å². The molecule has 0 radical (unpaired) electrons. The van der Waals surface area contributed by atoms with E-state index in [1.54, 1.807) is 29.4 Å². The highest BCUT2D eigenvalue weighted by atomic mass is 32.1. The predicted molar refractivity (Wildman–Crippen MR) is 116 cm³/mol. The minimum atomic E-state index is -0.170. The molecule has 0 N–H and O–H groups in total. The van der Waals surface area contributed by atoms with Gasteiger partial charge in [0.1, 0.15) is 19.0 Å². The van der Waals surface area contributed by atoms with Crippen molar-refractivity contribution in [3.05, 3.63) is 71.2 Å². The number of amides is 1. The number of hydrogen-bond acceptors (Lipinski definition) is 6. The van der Waals surface area contributed by atoms with Crippen molar-refractivity contribution in [2.45, 2.75) is 20.4 Å². The number of ether oxygens (including phenoxy) is 2. The monoisotopic (exact) mass is 420 g/mol. The summed E-state index contributed by atoms with van der Waals surface area (Å²) in [5.74, 6) is 1.76. The van der Waals surface area contributed by atoms with Gasteiger partial charge >= 0.3 is 0 Å². The molecule has 0 bridgehead atoms. The number of benzene rings is 2. The predicted octanol–water partition coefficient (Wildman–Crippen LogP) is 5.12. The number of nitrogens with zero attached hydrogens (tertiary/aromatic N) is 2. The molecule has 5 rings (SSSR count). The van der Waals surface area contributed by atoms with Crippen LogP contribution >= 0.6 is 11.3 Å². The van der Waals surface area contributed by atoms with Crippen LogP contribution in [0.25, 0.3) is 10.2 Å². The molecular weight excluding hydrogens is 400 g/mol. The Balaban J connectivity index is 1.57. The number of aromatic nitrogens is 1. The van der Waals surface area contributed by atoms with E-state index in [9.17, 15) is 4.79 Å². The van der Waals surface area contributed by atoms with Crippen molar-refractivity contribution in [2.24, 2.45) is 0 Å². The third-order valence-corrected chi connectivity index (χ3v) is 6.20. The Labute approximate surface area is 177 Å². The van der Waals surface area contributed by atoms with Crippen molar-refractivity contribution in [3.8, 4) is 11.5 Å². The molecule has 0 saturated heterocycles. The highest BCUT2D eigenvalue weighted by molar-refractivity contribution is 7.22. The van der Waals surface area contributed by atoms with E-state index < -0.39 is 0 Å². The van der Waals surface area contributed by atoms with Gasteiger partial charge in [0, 0.05) is 5.56 Å². The van der Waals surface area contributed by atoms with E-state index in [4.69, 9.17) is 18.9 Å². The number of fused-ring (bicyclic) bond motifs is 2. The molecule has 0 aliphatic carbocycles. The van der Waals surface area contributed by atoms with Crippen LogP contribution in [-0.4, -0.2) is 24.1 Å². The van der Waals surface area contributed by atoms with E-state index in [1.165, 1.54) is 11.3 Å². The zero-order valence-corrected chi connectivity index (χ0v) is 17.5. The Morgan fingerprint density at radius 1 is 1.10 bits per heavy atom. The first-order chi connectivity index (χ1) is 14.6. The molecule has 0 fully saturated rings. The number of furan rings is 1. The average molecular weight is 420 g/mol. The van der Waals surface area contributed by atoms with Gasteiger partial charge < -0.3 is 13.9 Å². The maximum atomic E-state index is 13.5. The van der Waals surface area contributed by atoms with E-state index in [0.717, 1.165) is 21.3 Å². The number of carbonyl (C=O) groups is 1. The zero-order chi connectivity index (χ0) is 20.7. The molecular formula is C23H20N2O4S. The lowest BCUT2D eigenvalue weighted by molar-refractivity contribution is 0.0982. The second kappa shape index (κ2) is 7.50. The molecule has 2 aromatic heterocycles. The molecule has 30 heavy (non-hydrogen) atoms. The maximum absolute atomic E-state index is 13.5. The fourth-order valence-electron chi connectivity index (χ4n) is 3.60. The van der Waals surface area contributed by atoms with Gasteiger partial charge in [-0.3, -0.25) is 9.69 Å². The molecule has 3 heterocycles. The van der Waals surface area contributed by atoms with Crippen LogP contribution in [0.1, 0.15) is 27.2 Å². The van der Waals surface area contributed by atoms with E-state index in [-0.39, 0.29) is 12.5 Å². The number of anilines is 1. The first-order valence-corrected chi connectivity index (χ1v) is 10.5. The summed E-state index contributed by atoms with van der Waals surface area (Å²) in [6.45, 7) is 5.38. The molecule has 0 atom stereocenters. The van der Waals surface area contributed by atoms with E-state index in [0.29, 0.717) is 41.2 Å². The quantitative estimate of drug-likeness (QED) is 0.458. The molecule has 1 aliphatic rings. The summed E-state index contributed by atoms with van der Waals surface area (Å²) >= 11 is 1.51. The lowest BCUT2D eigenvalue weighted by Gasteiger charge is -2.21. The topological polar surface area (TPSA) is 64.8 Å². The molecule has 0 saturated carbocycles. The van der Waals surface area contributed by atoms with Crippen molar-refractivity contribution >= 4 is 32.6 Å². The summed E-state index contributed by atoms with van der Waals surface area (Å²) in [5.41, 5.74) is 3.70. The molecule has 1 aliphatic heterocycles. The number of rotatable bonds is 4. The van der Waals surface area contributed by atoms with Crippen molar-refractivity contribution in [2.75, 3.05) is 18.1 Å². The van der Waals surface area contributed by atoms with Gasteiger partial charge in [0.05, 0.1) is 23.0 Å². The Morgan fingerprint density at radius 2 is 1.93 bits per heavy atom. The second-order valence-corrected chi connectivity index (χ2v) is 8.23. The number of thiazole rings is 1. The summed E-state index contributed by atoms with van der Waals surface area (Å²) in [6, 6.07) is 13.1. The standard InChI is InChI=1S/C23H20N2O4S/c1-14-10-15(2)21-18(11-14)24-23(30-21)25(13-17-4-3-7-27-17)22(26)16-5-6-19-20(12-16)29-9-8-28-19/h3-7,10-12H,8-9,13H2,1-2H3. The molecule has 0 unspecified atom stereocenters. The third kappa shape index (κ3) is 3.41. The fourth-order valence-corrected chi connectivity index (χ4v) is 4.61. The molecule has 6 nitrogen and oxygen atoms in total. The smallest absolute Gasteiger partial charge is 0.260 e. The number of carbonyl (C=O) groups excluding carboxylic acids is 1. The average Bonchev–Trinajstić information content (AvgIpc) is 3.41. The summed E-state index contributed by atoms with van der Waals surface area (Å²) < 4.78 is 17.8. The van der Waals surface area contributed by atoms with Crippen LogP contribution in [0.5, 0.6) is 11.5 Å². The SMILES string of the molecule is Cc1cc(C)c2sc(N(Cc3ccco3)C(=O)c3ccc4c(c3)OCCO4)nc2c1. The van der Waals surface area contributed by atoms with Gasteiger partial charge in [0.15, 0.2) is 16.6 Å². The van der Waals surface area contributed by atoms with E-state index in [2.05, 4.69) is 13.0 Å². The van der Waals surface area contributed by atoms with Crippen LogP contribution in [0.3, 0.4) is 0 Å². The summed E-state index contributed by atoms with van der Waals surface area (Å²) in [4.78, 5) is 20.0. The van der Waals surface area contributed by atoms with Crippen LogP contribution < -0.4 is 14.4 Å². The molecule has 1 amide bonds. The van der Waals surface area contributed by atoms with Crippen molar-refractivity contribution in [1.82, 2.24) is 4.98 Å². The Morgan fingerprint density at radius 3 is 2.73 bits per heavy atom. The van der Waals surface area contributed by atoms with Crippen LogP contribution in [0.4, 0.5) is 5.13 Å². The molecule has 4 aromatic rings. The molecule has 152 valence electrons. The van der Waals surface area contributed by atoms with Crippen molar-refractivity contribution in [3.63, 3.8) is 0 Å². The van der Waals surface area contributed by atoms with Crippen LogP contribution in [0.15, 0.2) is 53.1 Å². The lowest BCUT2D eigenvalue weighted by atomic mass is 10.1. The van der Waals surface area contributed by atoms with Crippen LogP contribution in [0.2, 0.25) is 0 Å². The zero-order valence-electron chi connectivity index (χ0n) is 16.7. The van der Waals surface area contributed by atoms with Gasteiger partial charge in [-0.25, -0.2) is 4.98 Å². The molecule has 2 aromatic carbocycles. The molecule has 0 spiro atoms. The number of hydrogen-bond donors (Lipinski definition) is 0. The number of aryl methyl sites for hydroxylation is 2. The van der Waals surface area contributed by atoms with Crippen LogP contribution in [-0.2, 0) is 6.54 Å². The third-order valence-electron chi connectivity index (χ3n) is 4.97. The van der Waals surface area contributed by atoms with Gasteiger partial charge in [0.2, 0.25) is 0 Å². The summed E-state index contributed by atoms with van der Waals surface area (Å²) in [5, 5.41) is 0.634. The van der Waals surface area contributed by atoms with Gasteiger partial charge in [-0.2, -0.15) is 0 Å². The highest BCUT2D eigenvalue weighted by Crippen LogP contribution is 2.35. The van der Waals surface area contributed by atoms with Gasteiger partial charge in [0.25, 0.3) is 5.91 Å². The highest BCUT2D eigenvalue weighted by Gasteiger charge is 2.25. The first kappa shape index (κ1) is 18.7.